The number of sulfonamides is 1. The highest BCUT2D eigenvalue weighted by Gasteiger charge is 2.25. The van der Waals surface area contributed by atoms with Gasteiger partial charge in [0.1, 0.15) is 17.1 Å². The molecule has 0 bridgehead atoms. The third kappa shape index (κ3) is 11.5. The monoisotopic (exact) mass is 731 g/mol. The normalized spacial score (nSPS) is 14.7. The standard InChI is InChI=1S/C35H46ClN5O8S/c1-34(2,3)24-19-28(31(46-7)29(20-24)39-50(8,44)45)38-32(42)23-10-11-27(36)30(18-23)47-26-12-13-37-25(21-26)22-40-14-9-15-41(17-16-40)49-33(43)48-35(4,5)6/h10-13,18-21,39H,9,14-17,22H2,1-8H3,(H,38,42). The SMILES string of the molecule is COc1c(NC(=O)c2ccc(Cl)c(Oc3ccnc(CN4CCCN(OC(=O)OC(C)(C)C)CC4)c3)c2)cc(C(C)(C)C)cc1NS(C)(=O)=O. The summed E-state index contributed by atoms with van der Waals surface area (Å²) in [7, 11) is -2.24. The van der Waals surface area contributed by atoms with E-state index < -0.39 is 27.7 Å². The quantitative estimate of drug-likeness (QED) is 0.211. The summed E-state index contributed by atoms with van der Waals surface area (Å²) in [6, 6.07) is 11.6. The molecule has 4 rings (SSSR count). The minimum Gasteiger partial charge on any atom is -0.492 e. The molecule has 272 valence electrons. The summed E-state index contributed by atoms with van der Waals surface area (Å²) in [6.07, 6.45) is 2.75. The van der Waals surface area contributed by atoms with Gasteiger partial charge >= 0.3 is 6.16 Å². The van der Waals surface area contributed by atoms with Gasteiger partial charge in [-0.2, -0.15) is 0 Å². The number of amides is 1. The average Bonchev–Trinajstić information content (AvgIpc) is 3.20. The maximum absolute atomic E-state index is 13.5. The predicted octanol–water partition coefficient (Wildman–Crippen LogP) is 6.83. The maximum atomic E-state index is 13.5. The number of halogens is 1. The summed E-state index contributed by atoms with van der Waals surface area (Å²) in [6.45, 7) is 14.4. The summed E-state index contributed by atoms with van der Waals surface area (Å²) in [5.74, 6) is 0.424. The fourth-order valence-electron chi connectivity index (χ4n) is 5.10. The van der Waals surface area contributed by atoms with E-state index in [9.17, 15) is 18.0 Å². The van der Waals surface area contributed by atoms with E-state index in [-0.39, 0.29) is 28.2 Å². The van der Waals surface area contributed by atoms with Crippen LogP contribution in [0.5, 0.6) is 17.2 Å². The van der Waals surface area contributed by atoms with E-state index in [1.54, 1.807) is 62.4 Å². The van der Waals surface area contributed by atoms with Crippen LogP contribution in [0.25, 0.3) is 0 Å². The Kier molecular flexibility index (Phi) is 12.3. The first-order valence-corrected chi connectivity index (χ1v) is 18.4. The van der Waals surface area contributed by atoms with Crippen LogP contribution in [0, 0.1) is 0 Å². The van der Waals surface area contributed by atoms with E-state index in [0.29, 0.717) is 42.6 Å². The molecule has 1 aliphatic heterocycles. The Bertz CT molecular complexity index is 1810. The van der Waals surface area contributed by atoms with Gasteiger partial charge in [0.2, 0.25) is 10.0 Å². The molecular formula is C35H46ClN5O8S. The zero-order valence-electron chi connectivity index (χ0n) is 29.8. The van der Waals surface area contributed by atoms with Crippen molar-refractivity contribution in [3.05, 3.63) is 70.5 Å². The molecule has 13 nitrogen and oxygen atoms in total. The van der Waals surface area contributed by atoms with Gasteiger partial charge in [-0.25, -0.2) is 13.2 Å². The molecule has 1 saturated heterocycles. The van der Waals surface area contributed by atoms with Crippen LogP contribution in [0.1, 0.15) is 69.6 Å². The molecule has 0 aliphatic carbocycles. The van der Waals surface area contributed by atoms with Crippen molar-refractivity contribution >= 4 is 45.1 Å². The van der Waals surface area contributed by atoms with Crippen molar-refractivity contribution in [1.29, 1.82) is 0 Å². The van der Waals surface area contributed by atoms with E-state index in [1.807, 2.05) is 26.8 Å². The lowest BCUT2D eigenvalue weighted by Crippen LogP contribution is -2.35. The molecule has 0 atom stereocenters. The van der Waals surface area contributed by atoms with Gasteiger partial charge < -0.3 is 24.4 Å². The van der Waals surface area contributed by atoms with Crippen molar-refractivity contribution in [2.24, 2.45) is 0 Å². The van der Waals surface area contributed by atoms with Crippen molar-refractivity contribution in [3.63, 3.8) is 0 Å². The Morgan fingerprint density at radius 2 is 1.68 bits per heavy atom. The minimum atomic E-state index is -3.64. The van der Waals surface area contributed by atoms with Gasteiger partial charge in [-0.3, -0.25) is 19.4 Å². The molecule has 2 heterocycles. The Labute approximate surface area is 299 Å². The number of hydrogen-bond donors (Lipinski definition) is 2. The van der Waals surface area contributed by atoms with Crippen LogP contribution < -0.4 is 19.5 Å². The van der Waals surface area contributed by atoms with Crippen LogP contribution in [-0.4, -0.2) is 80.6 Å². The van der Waals surface area contributed by atoms with Crippen LogP contribution in [0.15, 0.2) is 48.7 Å². The maximum Gasteiger partial charge on any atom is 0.528 e. The largest absolute Gasteiger partial charge is 0.528 e. The van der Waals surface area contributed by atoms with E-state index in [2.05, 4.69) is 19.9 Å². The Balaban J connectivity index is 1.47. The third-order valence-electron chi connectivity index (χ3n) is 7.44. The van der Waals surface area contributed by atoms with Crippen LogP contribution in [0.4, 0.5) is 16.2 Å². The number of hydrogen-bond acceptors (Lipinski definition) is 11. The molecule has 15 heteroatoms. The van der Waals surface area contributed by atoms with Crippen LogP contribution in [-0.2, 0) is 31.6 Å². The average molecular weight is 732 g/mol. The second-order valence-corrected chi connectivity index (χ2v) is 16.2. The number of methoxy groups -OCH3 is 1. The van der Waals surface area contributed by atoms with E-state index in [1.165, 1.54) is 13.2 Å². The van der Waals surface area contributed by atoms with Gasteiger partial charge in [-0.05, 0) is 81.1 Å². The third-order valence-corrected chi connectivity index (χ3v) is 8.34. The van der Waals surface area contributed by atoms with E-state index in [4.69, 9.17) is 30.6 Å². The second-order valence-electron chi connectivity index (χ2n) is 14.0. The van der Waals surface area contributed by atoms with Gasteiger partial charge in [0.05, 0.1) is 35.5 Å². The number of carbonyl (C=O) groups excluding carboxylic acids is 2. The topological polar surface area (TPSA) is 149 Å². The fourth-order valence-corrected chi connectivity index (χ4v) is 5.81. The molecule has 3 aromatic rings. The molecule has 0 spiro atoms. The molecule has 1 aliphatic rings. The molecule has 2 aromatic carbocycles. The van der Waals surface area contributed by atoms with Gasteiger partial charge in [-0.15, -0.1) is 5.06 Å². The molecule has 50 heavy (non-hydrogen) atoms. The van der Waals surface area contributed by atoms with Crippen LogP contribution in [0.3, 0.4) is 0 Å². The second kappa shape index (κ2) is 15.8. The Morgan fingerprint density at radius 3 is 2.34 bits per heavy atom. The van der Waals surface area contributed by atoms with Gasteiger partial charge in [-0.1, -0.05) is 32.4 Å². The molecule has 0 radical (unpaired) electrons. The number of aromatic nitrogens is 1. The first kappa shape index (κ1) is 38.7. The highest BCUT2D eigenvalue weighted by molar-refractivity contribution is 7.92. The first-order valence-electron chi connectivity index (χ1n) is 16.1. The summed E-state index contributed by atoms with van der Waals surface area (Å²) in [4.78, 5) is 37.8. The van der Waals surface area contributed by atoms with Crippen molar-refractivity contribution in [2.75, 3.05) is 49.6 Å². The Morgan fingerprint density at radius 1 is 0.960 bits per heavy atom. The first-order chi connectivity index (χ1) is 23.3. The number of nitrogens with zero attached hydrogens (tertiary/aromatic N) is 3. The van der Waals surface area contributed by atoms with E-state index in [0.717, 1.165) is 30.5 Å². The lowest BCUT2D eigenvalue weighted by Gasteiger charge is -2.24. The zero-order valence-corrected chi connectivity index (χ0v) is 31.3. The number of carbonyl (C=O) groups is 2. The van der Waals surface area contributed by atoms with Gasteiger partial charge in [0.25, 0.3) is 5.91 Å². The molecular weight excluding hydrogens is 686 g/mol. The van der Waals surface area contributed by atoms with Crippen molar-refractivity contribution in [2.45, 2.75) is 65.5 Å². The highest BCUT2D eigenvalue weighted by Crippen LogP contribution is 2.39. The summed E-state index contributed by atoms with van der Waals surface area (Å²) >= 11 is 6.50. The molecule has 2 N–H and O–H groups in total. The zero-order chi connectivity index (χ0) is 36.9. The fraction of sp³-hybridized carbons (Fsp3) is 0.457. The molecule has 1 amide bonds. The van der Waals surface area contributed by atoms with Gasteiger partial charge in [0, 0.05) is 44.0 Å². The molecule has 0 saturated carbocycles. The molecule has 0 unspecified atom stereocenters. The highest BCUT2D eigenvalue weighted by atomic mass is 35.5. The number of benzene rings is 2. The lowest BCUT2D eigenvalue weighted by atomic mass is 9.86. The smallest absolute Gasteiger partial charge is 0.492 e. The number of anilines is 2. The number of rotatable bonds is 10. The molecule has 1 fully saturated rings. The van der Waals surface area contributed by atoms with Crippen LogP contribution in [0.2, 0.25) is 5.02 Å². The summed E-state index contributed by atoms with van der Waals surface area (Å²) in [5, 5.41) is 4.77. The summed E-state index contributed by atoms with van der Waals surface area (Å²) in [5.41, 5.74) is 1.29. The van der Waals surface area contributed by atoms with Crippen molar-refractivity contribution < 1.29 is 37.1 Å². The number of ether oxygens (including phenoxy) is 3. The van der Waals surface area contributed by atoms with Crippen LogP contribution >= 0.6 is 11.6 Å². The minimum absolute atomic E-state index is 0.166. The molecule has 1 aromatic heterocycles. The predicted molar refractivity (Wildman–Crippen MR) is 193 cm³/mol. The van der Waals surface area contributed by atoms with Crippen molar-refractivity contribution in [3.8, 4) is 17.2 Å². The Hall–Kier alpha value is -4.11. The summed E-state index contributed by atoms with van der Waals surface area (Å²) < 4.78 is 43.6. The van der Waals surface area contributed by atoms with E-state index >= 15 is 0 Å². The number of hydroxylamine groups is 2. The van der Waals surface area contributed by atoms with Gasteiger partial charge in [0.15, 0.2) is 5.75 Å². The number of pyridine rings is 1. The number of nitrogens with one attached hydrogen (secondary N) is 2. The van der Waals surface area contributed by atoms with Crippen molar-refractivity contribution in [1.82, 2.24) is 14.9 Å². The lowest BCUT2D eigenvalue weighted by molar-refractivity contribution is -0.140.